The van der Waals surface area contributed by atoms with Gasteiger partial charge in [0, 0.05) is 26.7 Å². The Hall–Kier alpha value is -1.35. The maximum atomic E-state index is 12.1. The van der Waals surface area contributed by atoms with E-state index in [0.29, 0.717) is 32.5 Å². The summed E-state index contributed by atoms with van der Waals surface area (Å²) in [6, 6.07) is 0. The number of amides is 2. The Morgan fingerprint density at radius 1 is 1.22 bits per heavy atom. The molecule has 0 aromatic rings. The molecule has 0 aromatic heterocycles. The van der Waals surface area contributed by atoms with Gasteiger partial charge < -0.3 is 15.4 Å². The molecule has 134 valence electrons. The molecule has 0 radical (unpaired) electrons. The lowest BCUT2D eigenvalue weighted by atomic mass is 9.98. The highest BCUT2D eigenvalue weighted by Gasteiger charge is 2.29. The Kier molecular flexibility index (Phi) is 6.82. The van der Waals surface area contributed by atoms with Crippen molar-refractivity contribution in [2.75, 3.05) is 32.4 Å². The van der Waals surface area contributed by atoms with Gasteiger partial charge in [0.25, 0.3) is 0 Å². The number of hydrogen-bond acceptors (Lipinski definition) is 5. The van der Waals surface area contributed by atoms with Gasteiger partial charge in [-0.1, -0.05) is 0 Å². The SMILES string of the molecule is CNC(=O)CS(=O)(=O)N1CCC(CNC(=O)OC(C)(C)C)CC1. The highest BCUT2D eigenvalue weighted by molar-refractivity contribution is 7.89. The van der Waals surface area contributed by atoms with E-state index in [-0.39, 0.29) is 5.92 Å². The molecule has 0 aromatic carbocycles. The van der Waals surface area contributed by atoms with E-state index >= 15 is 0 Å². The van der Waals surface area contributed by atoms with Crippen LogP contribution in [0.2, 0.25) is 0 Å². The number of carbonyl (C=O) groups is 2. The van der Waals surface area contributed by atoms with Gasteiger partial charge in [-0.05, 0) is 39.5 Å². The molecule has 0 spiro atoms. The first-order valence-electron chi connectivity index (χ1n) is 7.69. The van der Waals surface area contributed by atoms with Crippen molar-refractivity contribution >= 4 is 22.0 Å². The topological polar surface area (TPSA) is 105 Å². The van der Waals surface area contributed by atoms with Crippen molar-refractivity contribution in [3.8, 4) is 0 Å². The second-order valence-corrected chi connectivity index (χ2v) is 8.62. The lowest BCUT2D eigenvalue weighted by Crippen LogP contribution is -2.44. The monoisotopic (exact) mass is 349 g/mol. The lowest BCUT2D eigenvalue weighted by molar-refractivity contribution is -0.118. The normalized spacial score (nSPS) is 17.6. The predicted octanol–water partition coefficient (Wildman–Crippen LogP) is 0.299. The van der Waals surface area contributed by atoms with E-state index in [1.54, 1.807) is 20.8 Å². The number of sulfonamides is 1. The molecule has 1 aliphatic rings. The van der Waals surface area contributed by atoms with E-state index in [2.05, 4.69) is 10.6 Å². The van der Waals surface area contributed by atoms with Gasteiger partial charge in [-0.3, -0.25) is 4.79 Å². The molecule has 1 heterocycles. The van der Waals surface area contributed by atoms with Crippen LogP contribution in [0.25, 0.3) is 0 Å². The number of alkyl carbamates (subject to hydrolysis) is 1. The van der Waals surface area contributed by atoms with Gasteiger partial charge in [0.05, 0.1) is 0 Å². The zero-order chi connectivity index (χ0) is 17.7. The first-order valence-corrected chi connectivity index (χ1v) is 9.29. The van der Waals surface area contributed by atoms with Crippen LogP contribution in [0.4, 0.5) is 4.79 Å². The molecule has 1 fully saturated rings. The third-order valence-corrected chi connectivity index (χ3v) is 5.27. The van der Waals surface area contributed by atoms with Crippen molar-refractivity contribution in [1.82, 2.24) is 14.9 Å². The van der Waals surface area contributed by atoms with Gasteiger partial charge >= 0.3 is 6.09 Å². The van der Waals surface area contributed by atoms with Crippen LogP contribution in [0, 0.1) is 5.92 Å². The molecule has 8 nitrogen and oxygen atoms in total. The standard InChI is InChI=1S/C14H27N3O5S/c1-14(2,3)22-13(19)16-9-11-5-7-17(8-6-11)23(20,21)10-12(18)15-4/h11H,5-10H2,1-4H3,(H,15,18)(H,16,19). The summed E-state index contributed by atoms with van der Waals surface area (Å²) in [5.41, 5.74) is -0.540. The molecule has 9 heteroatoms. The fourth-order valence-electron chi connectivity index (χ4n) is 2.26. The average Bonchev–Trinajstić information content (AvgIpc) is 2.43. The van der Waals surface area contributed by atoms with Crippen LogP contribution in [-0.2, 0) is 19.6 Å². The van der Waals surface area contributed by atoms with E-state index < -0.39 is 33.4 Å². The Labute approximate surface area is 138 Å². The third kappa shape index (κ3) is 7.17. The van der Waals surface area contributed by atoms with Gasteiger partial charge in [-0.2, -0.15) is 0 Å². The first kappa shape index (κ1) is 19.7. The van der Waals surface area contributed by atoms with Crippen molar-refractivity contribution in [1.29, 1.82) is 0 Å². The van der Waals surface area contributed by atoms with Crippen LogP contribution in [-0.4, -0.2) is 62.8 Å². The molecular weight excluding hydrogens is 322 g/mol. The molecule has 2 N–H and O–H groups in total. The van der Waals surface area contributed by atoms with Gasteiger partial charge in [0.2, 0.25) is 15.9 Å². The summed E-state index contributed by atoms with van der Waals surface area (Å²) in [6.07, 6.45) is 0.818. The number of ether oxygens (including phenoxy) is 1. The van der Waals surface area contributed by atoms with Crippen LogP contribution in [0.15, 0.2) is 0 Å². The first-order chi connectivity index (χ1) is 10.5. The van der Waals surface area contributed by atoms with Crippen LogP contribution in [0.3, 0.4) is 0 Å². The Balaban J connectivity index is 2.38. The number of nitrogens with zero attached hydrogens (tertiary/aromatic N) is 1. The third-order valence-electron chi connectivity index (χ3n) is 3.49. The van der Waals surface area contributed by atoms with E-state index in [1.807, 2.05) is 0 Å². The molecule has 0 saturated carbocycles. The summed E-state index contributed by atoms with van der Waals surface area (Å²) in [5, 5.41) is 5.02. The van der Waals surface area contributed by atoms with E-state index in [4.69, 9.17) is 4.74 Å². The maximum Gasteiger partial charge on any atom is 0.407 e. The summed E-state index contributed by atoms with van der Waals surface area (Å²) in [6.45, 7) is 6.56. The number of carbonyl (C=O) groups excluding carboxylic acids is 2. The zero-order valence-electron chi connectivity index (χ0n) is 14.2. The van der Waals surface area contributed by atoms with Crippen molar-refractivity contribution in [2.24, 2.45) is 5.92 Å². The molecule has 0 unspecified atom stereocenters. The van der Waals surface area contributed by atoms with Crippen molar-refractivity contribution in [3.05, 3.63) is 0 Å². The molecule has 2 amide bonds. The minimum atomic E-state index is -3.56. The Bertz CT molecular complexity index is 519. The van der Waals surface area contributed by atoms with Crippen LogP contribution >= 0.6 is 0 Å². The fourth-order valence-corrected chi connectivity index (χ4v) is 3.69. The minimum Gasteiger partial charge on any atom is -0.444 e. The van der Waals surface area contributed by atoms with E-state index in [1.165, 1.54) is 11.4 Å². The van der Waals surface area contributed by atoms with Crippen molar-refractivity contribution in [3.63, 3.8) is 0 Å². The molecule has 23 heavy (non-hydrogen) atoms. The van der Waals surface area contributed by atoms with Crippen molar-refractivity contribution in [2.45, 2.75) is 39.2 Å². The van der Waals surface area contributed by atoms with Gasteiger partial charge in [-0.15, -0.1) is 0 Å². The van der Waals surface area contributed by atoms with Crippen LogP contribution in [0.1, 0.15) is 33.6 Å². The quantitative estimate of drug-likeness (QED) is 0.743. The number of hydrogen-bond donors (Lipinski definition) is 2. The molecule has 0 bridgehead atoms. The highest BCUT2D eigenvalue weighted by Crippen LogP contribution is 2.19. The van der Waals surface area contributed by atoms with E-state index in [9.17, 15) is 18.0 Å². The molecular formula is C14H27N3O5S. The van der Waals surface area contributed by atoms with E-state index in [0.717, 1.165) is 0 Å². The Morgan fingerprint density at radius 3 is 2.26 bits per heavy atom. The van der Waals surface area contributed by atoms with Gasteiger partial charge in [-0.25, -0.2) is 17.5 Å². The maximum absolute atomic E-state index is 12.1. The van der Waals surface area contributed by atoms with Gasteiger partial charge in [0.15, 0.2) is 0 Å². The number of rotatable bonds is 5. The molecule has 1 rings (SSSR count). The second kappa shape index (κ2) is 7.96. The number of piperidine rings is 1. The zero-order valence-corrected chi connectivity index (χ0v) is 15.0. The molecule has 1 saturated heterocycles. The van der Waals surface area contributed by atoms with Crippen LogP contribution in [0.5, 0.6) is 0 Å². The second-order valence-electron chi connectivity index (χ2n) is 6.65. The fraction of sp³-hybridized carbons (Fsp3) is 0.857. The average molecular weight is 349 g/mol. The van der Waals surface area contributed by atoms with Crippen molar-refractivity contribution < 1.29 is 22.7 Å². The summed E-state index contributed by atoms with van der Waals surface area (Å²) in [4.78, 5) is 22.8. The lowest BCUT2D eigenvalue weighted by Gasteiger charge is -2.31. The highest BCUT2D eigenvalue weighted by atomic mass is 32.2. The smallest absolute Gasteiger partial charge is 0.407 e. The molecule has 0 atom stereocenters. The summed E-state index contributed by atoms with van der Waals surface area (Å²) in [7, 11) is -2.15. The largest absolute Gasteiger partial charge is 0.444 e. The summed E-state index contributed by atoms with van der Waals surface area (Å²) >= 11 is 0. The predicted molar refractivity (Wildman–Crippen MR) is 86.4 cm³/mol. The summed E-state index contributed by atoms with van der Waals surface area (Å²) in [5.74, 6) is -0.836. The molecule has 1 aliphatic heterocycles. The van der Waals surface area contributed by atoms with Gasteiger partial charge in [0.1, 0.15) is 11.4 Å². The Morgan fingerprint density at radius 2 is 1.78 bits per heavy atom. The number of nitrogens with one attached hydrogen (secondary N) is 2. The molecule has 0 aliphatic carbocycles. The van der Waals surface area contributed by atoms with Crippen LogP contribution < -0.4 is 10.6 Å². The minimum absolute atomic E-state index is 0.203. The summed E-state index contributed by atoms with van der Waals surface area (Å²) < 4.78 is 30.6.